The molecule has 2 aromatic carbocycles. The lowest BCUT2D eigenvalue weighted by Gasteiger charge is -2.14. The van der Waals surface area contributed by atoms with Crippen LogP contribution < -0.4 is 20.3 Å². The van der Waals surface area contributed by atoms with E-state index in [9.17, 15) is 14.4 Å². The molecule has 0 bridgehead atoms. The number of hydrazine groups is 1. The van der Waals surface area contributed by atoms with Gasteiger partial charge < -0.3 is 14.2 Å². The predicted molar refractivity (Wildman–Crippen MR) is 110 cm³/mol. The van der Waals surface area contributed by atoms with Crippen molar-refractivity contribution >= 4 is 17.8 Å². The highest BCUT2D eigenvalue weighted by molar-refractivity contribution is 5.89. The second-order valence-corrected chi connectivity index (χ2v) is 6.61. The lowest BCUT2D eigenvalue weighted by molar-refractivity contribution is -0.131. The third-order valence-corrected chi connectivity index (χ3v) is 3.98. The average Bonchev–Trinajstić information content (AvgIpc) is 2.75. The molecular formula is C22H26N2O6. The van der Waals surface area contributed by atoms with Crippen LogP contribution in [0.4, 0.5) is 0 Å². The molecule has 0 aromatic heterocycles. The van der Waals surface area contributed by atoms with Gasteiger partial charge in [-0.05, 0) is 48.7 Å². The Kier molecular flexibility index (Phi) is 8.68. The number of hydrogen-bond acceptors (Lipinski definition) is 6. The van der Waals surface area contributed by atoms with Crippen LogP contribution in [-0.4, -0.2) is 37.6 Å². The number of benzene rings is 2. The zero-order valence-electron chi connectivity index (χ0n) is 17.3. The lowest BCUT2D eigenvalue weighted by atomic mass is 10.0. The first-order valence-corrected chi connectivity index (χ1v) is 9.60. The number of carbonyl (C=O) groups excluding carboxylic acids is 3. The molecule has 0 saturated heterocycles. The largest absolute Gasteiger partial charge is 0.484 e. The van der Waals surface area contributed by atoms with E-state index in [0.717, 1.165) is 5.56 Å². The van der Waals surface area contributed by atoms with Gasteiger partial charge in [-0.3, -0.25) is 20.4 Å². The summed E-state index contributed by atoms with van der Waals surface area (Å²) in [5.74, 6) is -0.182. The molecule has 0 aliphatic carbocycles. The fourth-order valence-corrected chi connectivity index (χ4v) is 2.49. The first kappa shape index (κ1) is 22.7. The van der Waals surface area contributed by atoms with Gasteiger partial charge in [-0.15, -0.1) is 0 Å². The molecule has 0 fully saturated rings. The highest BCUT2D eigenvalue weighted by Gasteiger charge is 2.11. The minimum Gasteiger partial charge on any atom is -0.484 e. The zero-order valence-corrected chi connectivity index (χ0v) is 17.3. The van der Waals surface area contributed by atoms with Gasteiger partial charge >= 0.3 is 5.97 Å². The summed E-state index contributed by atoms with van der Waals surface area (Å²) in [6.45, 7) is 5.54. The second-order valence-electron chi connectivity index (χ2n) is 6.61. The molecular weight excluding hydrogens is 388 g/mol. The topological polar surface area (TPSA) is 103 Å². The van der Waals surface area contributed by atoms with E-state index in [1.54, 1.807) is 37.3 Å². The summed E-state index contributed by atoms with van der Waals surface area (Å²) < 4.78 is 15.7. The zero-order chi connectivity index (χ0) is 21.9. The summed E-state index contributed by atoms with van der Waals surface area (Å²) >= 11 is 0. The van der Waals surface area contributed by atoms with E-state index in [1.807, 2.05) is 32.0 Å². The quantitative estimate of drug-likeness (QED) is 0.483. The molecule has 2 rings (SSSR count). The maximum absolute atomic E-state index is 11.9. The molecule has 160 valence electrons. The van der Waals surface area contributed by atoms with Crippen molar-refractivity contribution in [3.05, 3.63) is 59.7 Å². The van der Waals surface area contributed by atoms with Crippen LogP contribution in [-0.2, 0) is 14.3 Å². The molecule has 30 heavy (non-hydrogen) atoms. The normalized spacial score (nSPS) is 10.3. The molecule has 8 nitrogen and oxygen atoms in total. The van der Waals surface area contributed by atoms with E-state index >= 15 is 0 Å². The fraction of sp³-hybridized carbons (Fsp3) is 0.318. The van der Waals surface area contributed by atoms with Gasteiger partial charge in [0.05, 0.1) is 12.2 Å². The van der Waals surface area contributed by atoms with Crippen molar-refractivity contribution in [3.63, 3.8) is 0 Å². The standard InChI is InChI=1S/C22H26N2O6/c1-4-28-22(27)16-9-11-17(12-10-16)29-13-20(25)23-24-21(26)14-30-19-8-6-5-7-18(19)15(2)3/h5-12,15H,4,13-14H2,1-3H3,(H,23,25)(H,24,26). The maximum atomic E-state index is 11.9. The molecule has 8 heteroatoms. The molecule has 0 unspecified atom stereocenters. The first-order valence-electron chi connectivity index (χ1n) is 9.60. The Morgan fingerprint density at radius 2 is 1.47 bits per heavy atom. The molecule has 0 heterocycles. The summed E-state index contributed by atoms with van der Waals surface area (Å²) in [7, 11) is 0. The molecule has 0 spiro atoms. The van der Waals surface area contributed by atoms with Gasteiger partial charge in [0.25, 0.3) is 11.8 Å². The SMILES string of the molecule is CCOC(=O)c1ccc(OCC(=O)NNC(=O)COc2ccccc2C(C)C)cc1. The number of esters is 1. The minimum absolute atomic E-state index is 0.236. The third-order valence-electron chi connectivity index (χ3n) is 3.98. The van der Waals surface area contributed by atoms with Crippen LogP contribution in [0.25, 0.3) is 0 Å². The first-order chi connectivity index (χ1) is 14.4. The smallest absolute Gasteiger partial charge is 0.338 e. The molecule has 2 aromatic rings. The number of nitrogens with one attached hydrogen (secondary N) is 2. The molecule has 0 atom stereocenters. The van der Waals surface area contributed by atoms with Crippen molar-refractivity contribution in [1.82, 2.24) is 10.9 Å². The van der Waals surface area contributed by atoms with Gasteiger partial charge in [-0.2, -0.15) is 0 Å². The van der Waals surface area contributed by atoms with Crippen molar-refractivity contribution in [3.8, 4) is 11.5 Å². The summed E-state index contributed by atoms with van der Waals surface area (Å²) in [4.78, 5) is 35.3. The summed E-state index contributed by atoms with van der Waals surface area (Å²) in [5.41, 5.74) is 5.91. The van der Waals surface area contributed by atoms with Crippen LogP contribution in [0.2, 0.25) is 0 Å². The number of carbonyl (C=O) groups is 3. The van der Waals surface area contributed by atoms with Crippen LogP contribution in [0.3, 0.4) is 0 Å². The van der Waals surface area contributed by atoms with Crippen molar-refractivity contribution in [1.29, 1.82) is 0 Å². The van der Waals surface area contributed by atoms with Gasteiger partial charge in [0, 0.05) is 0 Å². The van der Waals surface area contributed by atoms with Crippen LogP contribution in [0.15, 0.2) is 48.5 Å². The number of hydrogen-bond donors (Lipinski definition) is 2. The van der Waals surface area contributed by atoms with Crippen molar-refractivity contribution in [2.45, 2.75) is 26.7 Å². The molecule has 0 aliphatic rings. The van der Waals surface area contributed by atoms with Gasteiger partial charge in [-0.1, -0.05) is 32.0 Å². The maximum Gasteiger partial charge on any atom is 0.338 e. The second kappa shape index (κ2) is 11.5. The van der Waals surface area contributed by atoms with E-state index in [0.29, 0.717) is 17.1 Å². The van der Waals surface area contributed by atoms with Crippen molar-refractivity contribution in [2.75, 3.05) is 19.8 Å². The highest BCUT2D eigenvalue weighted by Crippen LogP contribution is 2.25. The summed E-state index contributed by atoms with van der Waals surface area (Å²) in [6, 6.07) is 13.7. The Balaban J connectivity index is 1.72. The Labute approximate surface area is 175 Å². The minimum atomic E-state index is -0.541. The number of rotatable bonds is 9. The van der Waals surface area contributed by atoms with Gasteiger partial charge in [0.2, 0.25) is 0 Å². The summed E-state index contributed by atoms with van der Waals surface area (Å²) in [5, 5.41) is 0. The highest BCUT2D eigenvalue weighted by atomic mass is 16.5. The Morgan fingerprint density at radius 3 is 2.07 bits per heavy atom. The van der Waals surface area contributed by atoms with Crippen LogP contribution >= 0.6 is 0 Å². The molecule has 0 saturated carbocycles. The van der Waals surface area contributed by atoms with Gasteiger partial charge in [-0.25, -0.2) is 4.79 Å². The molecule has 0 aliphatic heterocycles. The van der Waals surface area contributed by atoms with Crippen LogP contribution in [0.1, 0.15) is 42.6 Å². The van der Waals surface area contributed by atoms with Crippen LogP contribution in [0.5, 0.6) is 11.5 Å². The van der Waals surface area contributed by atoms with E-state index in [4.69, 9.17) is 14.2 Å². The monoisotopic (exact) mass is 414 g/mol. The Morgan fingerprint density at radius 1 is 0.867 bits per heavy atom. The number of para-hydroxylation sites is 1. The van der Waals surface area contributed by atoms with Crippen molar-refractivity contribution in [2.24, 2.45) is 0 Å². The van der Waals surface area contributed by atoms with Gasteiger partial charge in [0.1, 0.15) is 11.5 Å². The Bertz CT molecular complexity index is 864. The van der Waals surface area contributed by atoms with E-state index in [2.05, 4.69) is 10.9 Å². The lowest BCUT2D eigenvalue weighted by Crippen LogP contribution is -2.45. The number of ether oxygens (including phenoxy) is 3. The van der Waals surface area contributed by atoms with E-state index < -0.39 is 17.8 Å². The molecule has 2 N–H and O–H groups in total. The van der Waals surface area contributed by atoms with E-state index in [1.165, 1.54) is 0 Å². The third kappa shape index (κ3) is 7.12. The number of amides is 2. The summed E-state index contributed by atoms with van der Waals surface area (Å²) in [6.07, 6.45) is 0. The molecule has 2 amide bonds. The predicted octanol–water partition coefficient (Wildman–Crippen LogP) is 2.59. The van der Waals surface area contributed by atoms with Gasteiger partial charge in [0.15, 0.2) is 13.2 Å². The van der Waals surface area contributed by atoms with Crippen molar-refractivity contribution < 1.29 is 28.6 Å². The average molecular weight is 414 g/mol. The Hall–Kier alpha value is -3.55. The van der Waals surface area contributed by atoms with Crippen LogP contribution in [0, 0.1) is 0 Å². The van der Waals surface area contributed by atoms with E-state index in [-0.39, 0.29) is 25.7 Å². The molecule has 0 radical (unpaired) electrons. The fourth-order valence-electron chi connectivity index (χ4n) is 2.49.